The Labute approximate surface area is 85.2 Å². The first-order valence-corrected chi connectivity index (χ1v) is 5.29. The zero-order valence-electron chi connectivity index (χ0n) is 8.68. The average molecular weight is 194 g/mol. The Hall–Kier alpha value is -0.960. The highest BCUT2D eigenvalue weighted by molar-refractivity contribution is 5.27. The summed E-state index contributed by atoms with van der Waals surface area (Å²) in [4.78, 5) is 0. The lowest BCUT2D eigenvalue weighted by molar-refractivity contribution is 0.286. The Bertz CT molecular complexity index is 252. The summed E-state index contributed by atoms with van der Waals surface area (Å²) in [6.07, 6.45) is 6.46. The van der Waals surface area contributed by atoms with Crippen LogP contribution < -0.4 is 10.6 Å². The Kier molecular flexibility index (Phi) is 3.09. The molecule has 0 aliphatic carbocycles. The van der Waals surface area contributed by atoms with Crippen molar-refractivity contribution in [2.24, 2.45) is 5.92 Å². The van der Waals surface area contributed by atoms with Crippen LogP contribution in [0.4, 0.5) is 0 Å². The van der Waals surface area contributed by atoms with Crippen molar-refractivity contribution in [3.8, 4) is 0 Å². The molecule has 2 rings (SSSR count). The molecule has 3 heteroatoms. The lowest BCUT2D eigenvalue weighted by Gasteiger charge is -2.28. The van der Waals surface area contributed by atoms with E-state index >= 15 is 0 Å². The fourth-order valence-electron chi connectivity index (χ4n) is 2.21. The fourth-order valence-corrected chi connectivity index (χ4v) is 2.21. The van der Waals surface area contributed by atoms with Crippen LogP contribution in [-0.2, 0) is 4.74 Å². The van der Waals surface area contributed by atoms with Gasteiger partial charge in [-0.25, -0.2) is 0 Å². The van der Waals surface area contributed by atoms with Gasteiger partial charge in [0.2, 0.25) is 0 Å². The number of methoxy groups -OCH3 is 1. The first-order valence-electron chi connectivity index (χ1n) is 5.29. The van der Waals surface area contributed by atoms with Crippen LogP contribution in [0.5, 0.6) is 0 Å². The maximum Gasteiger partial charge on any atom is 0.121 e. The minimum atomic E-state index is 0.698. The molecule has 2 heterocycles. The highest BCUT2D eigenvalue weighted by atomic mass is 16.5. The van der Waals surface area contributed by atoms with Crippen molar-refractivity contribution < 1.29 is 4.74 Å². The molecular weight excluding hydrogens is 176 g/mol. The SMILES string of the molecule is COC1=C(C2CCNCC2)CNC=C1. The molecule has 0 saturated carbocycles. The summed E-state index contributed by atoms with van der Waals surface area (Å²) in [5.74, 6) is 1.76. The Balaban J connectivity index is 2.12. The summed E-state index contributed by atoms with van der Waals surface area (Å²) < 4.78 is 5.39. The number of hydrogen-bond acceptors (Lipinski definition) is 3. The van der Waals surface area contributed by atoms with Gasteiger partial charge in [-0.2, -0.15) is 0 Å². The summed E-state index contributed by atoms with van der Waals surface area (Å²) >= 11 is 0. The Morgan fingerprint density at radius 2 is 2.14 bits per heavy atom. The van der Waals surface area contributed by atoms with Gasteiger partial charge in [0.25, 0.3) is 0 Å². The zero-order valence-corrected chi connectivity index (χ0v) is 8.68. The molecule has 1 fully saturated rings. The summed E-state index contributed by atoms with van der Waals surface area (Å²) in [6, 6.07) is 0. The van der Waals surface area contributed by atoms with Crippen LogP contribution in [-0.4, -0.2) is 26.7 Å². The quantitative estimate of drug-likeness (QED) is 0.688. The van der Waals surface area contributed by atoms with Crippen molar-refractivity contribution in [3.05, 3.63) is 23.6 Å². The molecular formula is C11H18N2O. The highest BCUT2D eigenvalue weighted by Gasteiger charge is 2.21. The van der Waals surface area contributed by atoms with Crippen LogP contribution in [0.3, 0.4) is 0 Å². The number of nitrogens with one attached hydrogen (secondary N) is 2. The average Bonchev–Trinajstić information content (AvgIpc) is 2.30. The first-order chi connectivity index (χ1) is 6.92. The smallest absolute Gasteiger partial charge is 0.121 e. The van der Waals surface area contributed by atoms with Crippen LogP contribution in [0.2, 0.25) is 0 Å². The van der Waals surface area contributed by atoms with Gasteiger partial charge in [-0.05, 0) is 43.5 Å². The molecule has 2 aliphatic rings. The fraction of sp³-hybridized carbons (Fsp3) is 0.636. The molecule has 0 spiro atoms. The second kappa shape index (κ2) is 4.51. The number of rotatable bonds is 2. The van der Waals surface area contributed by atoms with Gasteiger partial charge in [-0.3, -0.25) is 0 Å². The van der Waals surface area contributed by atoms with E-state index in [2.05, 4.69) is 10.6 Å². The van der Waals surface area contributed by atoms with Crippen LogP contribution in [0.25, 0.3) is 0 Å². The summed E-state index contributed by atoms with van der Waals surface area (Å²) in [5.41, 5.74) is 1.44. The largest absolute Gasteiger partial charge is 0.497 e. The minimum Gasteiger partial charge on any atom is -0.497 e. The van der Waals surface area contributed by atoms with E-state index in [0.717, 1.165) is 25.4 Å². The van der Waals surface area contributed by atoms with Crippen molar-refractivity contribution in [1.82, 2.24) is 10.6 Å². The number of ether oxygens (including phenoxy) is 1. The molecule has 0 unspecified atom stereocenters. The Morgan fingerprint density at radius 3 is 2.86 bits per heavy atom. The lowest BCUT2D eigenvalue weighted by Crippen LogP contribution is -2.32. The van der Waals surface area contributed by atoms with Gasteiger partial charge < -0.3 is 15.4 Å². The maximum absolute atomic E-state index is 5.39. The topological polar surface area (TPSA) is 33.3 Å². The van der Waals surface area contributed by atoms with E-state index in [1.807, 2.05) is 12.3 Å². The number of allylic oxidation sites excluding steroid dienone is 1. The van der Waals surface area contributed by atoms with Gasteiger partial charge in [-0.15, -0.1) is 0 Å². The molecule has 0 radical (unpaired) electrons. The molecule has 14 heavy (non-hydrogen) atoms. The zero-order chi connectivity index (χ0) is 9.80. The van der Waals surface area contributed by atoms with Crippen LogP contribution >= 0.6 is 0 Å². The van der Waals surface area contributed by atoms with E-state index < -0.39 is 0 Å². The van der Waals surface area contributed by atoms with Crippen LogP contribution in [0, 0.1) is 5.92 Å². The lowest BCUT2D eigenvalue weighted by atomic mass is 9.88. The molecule has 3 nitrogen and oxygen atoms in total. The van der Waals surface area contributed by atoms with Gasteiger partial charge >= 0.3 is 0 Å². The molecule has 2 N–H and O–H groups in total. The standard InChI is InChI=1S/C11H18N2O/c1-14-11-4-7-13-8-10(11)9-2-5-12-6-3-9/h4,7,9,12-13H,2-3,5-6,8H2,1H3. The van der Waals surface area contributed by atoms with Crippen molar-refractivity contribution in [3.63, 3.8) is 0 Å². The molecule has 0 aromatic rings. The van der Waals surface area contributed by atoms with E-state index in [4.69, 9.17) is 4.74 Å². The molecule has 1 saturated heterocycles. The van der Waals surface area contributed by atoms with E-state index in [1.165, 1.54) is 18.4 Å². The number of hydrogen-bond donors (Lipinski definition) is 2. The van der Waals surface area contributed by atoms with E-state index in [-0.39, 0.29) is 0 Å². The number of piperidine rings is 1. The van der Waals surface area contributed by atoms with Crippen molar-refractivity contribution >= 4 is 0 Å². The molecule has 0 bridgehead atoms. The molecule has 0 atom stereocenters. The van der Waals surface area contributed by atoms with Crippen molar-refractivity contribution in [1.29, 1.82) is 0 Å². The van der Waals surface area contributed by atoms with E-state index in [9.17, 15) is 0 Å². The van der Waals surface area contributed by atoms with Crippen LogP contribution in [0.15, 0.2) is 23.6 Å². The number of dihydropyridines is 1. The second-order valence-electron chi connectivity index (χ2n) is 3.83. The highest BCUT2D eigenvalue weighted by Crippen LogP contribution is 2.26. The van der Waals surface area contributed by atoms with Gasteiger partial charge in [0.1, 0.15) is 5.76 Å². The molecule has 0 aromatic carbocycles. The predicted octanol–water partition coefficient (Wildman–Crippen LogP) is 1.00. The summed E-state index contributed by atoms with van der Waals surface area (Å²) in [7, 11) is 1.76. The van der Waals surface area contributed by atoms with Crippen molar-refractivity contribution in [2.45, 2.75) is 12.8 Å². The second-order valence-corrected chi connectivity index (χ2v) is 3.83. The molecule has 0 aromatic heterocycles. The van der Waals surface area contributed by atoms with Gasteiger partial charge in [-0.1, -0.05) is 0 Å². The summed E-state index contributed by atoms with van der Waals surface area (Å²) in [5, 5.41) is 6.64. The minimum absolute atomic E-state index is 0.698. The van der Waals surface area contributed by atoms with E-state index in [1.54, 1.807) is 7.11 Å². The van der Waals surface area contributed by atoms with Gasteiger partial charge in [0.15, 0.2) is 0 Å². The first kappa shape index (κ1) is 9.59. The monoisotopic (exact) mass is 194 g/mol. The molecule has 0 amide bonds. The molecule has 2 aliphatic heterocycles. The van der Waals surface area contributed by atoms with E-state index in [0.29, 0.717) is 5.92 Å². The normalized spacial score (nSPS) is 23.5. The van der Waals surface area contributed by atoms with Gasteiger partial charge in [0.05, 0.1) is 7.11 Å². The maximum atomic E-state index is 5.39. The third kappa shape index (κ3) is 1.93. The predicted molar refractivity (Wildman–Crippen MR) is 56.8 cm³/mol. The molecule has 78 valence electrons. The third-order valence-corrected chi connectivity index (χ3v) is 3.01. The third-order valence-electron chi connectivity index (χ3n) is 3.01. The summed E-state index contributed by atoms with van der Waals surface area (Å²) in [6.45, 7) is 3.22. The van der Waals surface area contributed by atoms with Crippen LogP contribution in [0.1, 0.15) is 12.8 Å². The Morgan fingerprint density at radius 1 is 1.36 bits per heavy atom. The van der Waals surface area contributed by atoms with Crippen molar-refractivity contribution in [2.75, 3.05) is 26.7 Å². The van der Waals surface area contributed by atoms with Gasteiger partial charge in [0, 0.05) is 12.7 Å².